The molecular formula is C11H21NO3. The monoisotopic (exact) mass is 215 g/mol. The number of ether oxygens (including phenoxy) is 1. The molecule has 0 aliphatic heterocycles. The van der Waals surface area contributed by atoms with E-state index in [9.17, 15) is 4.79 Å². The summed E-state index contributed by atoms with van der Waals surface area (Å²) in [6.07, 6.45) is 4.23. The number of rotatable bonds is 5. The van der Waals surface area contributed by atoms with Crippen LogP contribution < -0.4 is 5.32 Å². The molecule has 2 unspecified atom stereocenters. The normalized spacial score (nSPS) is 31.5. The molecule has 0 bridgehead atoms. The molecule has 4 heteroatoms. The summed E-state index contributed by atoms with van der Waals surface area (Å²) < 4.78 is 5.34. The predicted molar refractivity (Wildman–Crippen MR) is 57.9 cm³/mol. The molecule has 0 saturated heterocycles. The zero-order valence-corrected chi connectivity index (χ0v) is 9.58. The van der Waals surface area contributed by atoms with Crippen LogP contribution in [0.4, 0.5) is 0 Å². The van der Waals surface area contributed by atoms with Crippen molar-refractivity contribution in [3.63, 3.8) is 0 Å². The van der Waals surface area contributed by atoms with Gasteiger partial charge in [-0.3, -0.25) is 4.79 Å². The van der Waals surface area contributed by atoms with Gasteiger partial charge in [0.2, 0.25) is 0 Å². The maximum Gasteiger partial charge on any atom is 0.305 e. The molecule has 0 aromatic rings. The number of carboxylic acid groups (broad SMARTS) is 1. The van der Waals surface area contributed by atoms with Crippen LogP contribution >= 0.6 is 0 Å². The lowest BCUT2D eigenvalue weighted by atomic mass is 9.77. The number of carboxylic acids is 1. The minimum atomic E-state index is -0.729. The van der Waals surface area contributed by atoms with Gasteiger partial charge >= 0.3 is 5.97 Å². The van der Waals surface area contributed by atoms with Crippen LogP contribution in [-0.4, -0.2) is 36.4 Å². The standard InChI is InChI=1S/C11H21NO3/c1-3-12-11(8-10(13)14)6-4-5-9(7-11)15-2/h9,12H,3-8H2,1-2H3,(H,13,14). The van der Waals surface area contributed by atoms with E-state index in [4.69, 9.17) is 9.84 Å². The van der Waals surface area contributed by atoms with Gasteiger partial charge in [0.05, 0.1) is 12.5 Å². The molecule has 2 N–H and O–H groups in total. The van der Waals surface area contributed by atoms with Gasteiger partial charge < -0.3 is 15.2 Å². The number of nitrogens with one attached hydrogen (secondary N) is 1. The Hall–Kier alpha value is -0.610. The molecule has 0 heterocycles. The van der Waals surface area contributed by atoms with E-state index in [1.165, 1.54) is 0 Å². The fourth-order valence-electron chi connectivity index (χ4n) is 2.56. The van der Waals surface area contributed by atoms with Crippen molar-refractivity contribution >= 4 is 5.97 Å². The molecular weight excluding hydrogens is 194 g/mol. The highest BCUT2D eigenvalue weighted by molar-refractivity contribution is 5.68. The summed E-state index contributed by atoms with van der Waals surface area (Å²) in [7, 11) is 1.70. The van der Waals surface area contributed by atoms with Gasteiger partial charge in [-0.2, -0.15) is 0 Å². The maximum absolute atomic E-state index is 10.9. The minimum Gasteiger partial charge on any atom is -0.481 e. The second-order valence-corrected chi connectivity index (χ2v) is 4.34. The fourth-order valence-corrected chi connectivity index (χ4v) is 2.56. The summed E-state index contributed by atoms with van der Waals surface area (Å²) in [6, 6.07) is 0. The van der Waals surface area contributed by atoms with Crippen molar-refractivity contribution < 1.29 is 14.6 Å². The van der Waals surface area contributed by atoms with Crippen LogP contribution in [0.2, 0.25) is 0 Å². The summed E-state index contributed by atoms with van der Waals surface area (Å²) in [4.78, 5) is 10.9. The highest BCUT2D eigenvalue weighted by Crippen LogP contribution is 2.32. The van der Waals surface area contributed by atoms with Crippen molar-refractivity contribution in [2.75, 3.05) is 13.7 Å². The van der Waals surface area contributed by atoms with Crippen LogP contribution in [0, 0.1) is 0 Å². The number of aliphatic carboxylic acids is 1. The molecule has 1 fully saturated rings. The van der Waals surface area contributed by atoms with Crippen molar-refractivity contribution in [3.05, 3.63) is 0 Å². The van der Waals surface area contributed by atoms with Crippen molar-refractivity contribution in [1.29, 1.82) is 0 Å². The van der Waals surface area contributed by atoms with Crippen molar-refractivity contribution in [2.45, 2.75) is 50.7 Å². The van der Waals surface area contributed by atoms with E-state index in [1.807, 2.05) is 6.92 Å². The van der Waals surface area contributed by atoms with E-state index < -0.39 is 5.97 Å². The molecule has 0 aromatic heterocycles. The molecule has 2 atom stereocenters. The molecule has 1 aliphatic carbocycles. The van der Waals surface area contributed by atoms with Gasteiger partial charge in [0.15, 0.2) is 0 Å². The van der Waals surface area contributed by atoms with Crippen LogP contribution in [0.25, 0.3) is 0 Å². The number of hydrogen-bond acceptors (Lipinski definition) is 3. The van der Waals surface area contributed by atoms with Gasteiger partial charge in [-0.05, 0) is 32.2 Å². The average molecular weight is 215 g/mol. The zero-order valence-electron chi connectivity index (χ0n) is 9.58. The Balaban J connectivity index is 2.65. The number of hydrogen-bond donors (Lipinski definition) is 2. The second kappa shape index (κ2) is 5.47. The maximum atomic E-state index is 10.9. The van der Waals surface area contributed by atoms with E-state index in [-0.39, 0.29) is 18.1 Å². The third-order valence-corrected chi connectivity index (χ3v) is 3.17. The first-order valence-corrected chi connectivity index (χ1v) is 5.61. The second-order valence-electron chi connectivity index (χ2n) is 4.34. The lowest BCUT2D eigenvalue weighted by molar-refractivity contribution is -0.139. The Kier molecular flexibility index (Phi) is 4.54. The molecule has 15 heavy (non-hydrogen) atoms. The van der Waals surface area contributed by atoms with E-state index in [1.54, 1.807) is 7.11 Å². The molecule has 1 saturated carbocycles. The van der Waals surface area contributed by atoms with Crippen LogP contribution in [0.5, 0.6) is 0 Å². The molecule has 4 nitrogen and oxygen atoms in total. The largest absolute Gasteiger partial charge is 0.481 e. The molecule has 88 valence electrons. The van der Waals surface area contributed by atoms with Gasteiger partial charge in [-0.15, -0.1) is 0 Å². The lowest BCUT2D eigenvalue weighted by Crippen LogP contribution is -2.51. The van der Waals surface area contributed by atoms with Crippen LogP contribution in [0.15, 0.2) is 0 Å². The number of carbonyl (C=O) groups is 1. The highest BCUT2D eigenvalue weighted by atomic mass is 16.5. The summed E-state index contributed by atoms with van der Waals surface area (Å²) in [5, 5.41) is 12.3. The van der Waals surface area contributed by atoms with Gasteiger partial charge in [0.1, 0.15) is 0 Å². The van der Waals surface area contributed by atoms with E-state index in [0.29, 0.717) is 0 Å². The first-order chi connectivity index (χ1) is 7.12. The van der Waals surface area contributed by atoms with Crippen molar-refractivity contribution in [3.8, 4) is 0 Å². The Morgan fingerprint density at radius 1 is 1.67 bits per heavy atom. The van der Waals surface area contributed by atoms with Crippen molar-refractivity contribution in [1.82, 2.24) is 5.32 Å². The minimum absolute atomic E-state index is 0.195. The molecule has 0 aromatic carbocycles. The zero-order chi connectivity index (χ0) is 11.3. The molecule has 0 amide bonds. The summed E-state index contributed by atoms with van der Waals surface area (Å²) in [6.45, 7) is 2.82. The molecule has 1 rings (SSSR count). The van der Waals surface area contributed by atoms with Gasteiger partial charge in [0.25, 0.3) is 0 Å². The predicted octanol–water partition coefficient (Wildman–Crippen LogP) is 1.40. The molecule has 1 aliphatic rings. The van der Waals surface area contributed by atoms with Crippen LogP contribution in [0.1, 0.15) is 39.0 Å². The number of methoxy groups -OCH3 is 1. The Morgan fingerprint density at radius 3 is 2.93 bits per heavy atom. The van der Waals surface area contributed by atoms with E-state index in [2.05, 4.69) is 5.32 Å². The average Bonchev–Trinajstić information content (AvgIpc) is 2.17. The Bertz CT molecular complexity index is 216. The Morgan fingerprint density at radius 2 is 2.40 bits per heavy atom. The molecule has 0 spiro atoms. The van der Waals surface area contributed by atoms with Gasteiger partial charge in [-0.25, -0.2) is 0 Å². The third-order valence-electron chi connectivity index (χ3n) is 3.17. The van der Waals surface area contributed by atoms with Crippen LogP contribution in [0.3, 0.4) is 0 Å². The van der Waals surface area contributed by atoms with Gasteiger partial charge in [-0.1, -0.05) is 6.92 Å². The smallest absolute Gasteiger partial charge is 0.305 e. The third kappa shape index (κ3) is 3.47. The van der Waals surface area contributed by atoms with Crippen molar-refractivity contribution in [2.24, 2.45) is 0 Å². The van der Waals surface area contributed by atoms with Crippen LogP contribution in [-0.2, 0) is 9.53 Å². The topological polar surface area (TPSA) is 58.6 Å². The lowest BCUT2D eigenvalue weighted by Gasteiger charge is -2.40. The Labute approximate surface area is 91.0 Å². The van der Waals surface area contributed by atoms with E-state index in [0.717, 1.165) is 32.2 Å². The highest BCUT2D eigenvalue weighted by Gasteiger charge is 2.37. The summed E-state index contributed by atoms with van der Waals surface area (Å²) >= 11 is 0. The summed E-state index contributed by atoms with van der Waals surface area (Å²) in [5.41, 5.74) is -0.250. The molecule has 0 radical (unpaired) electrons. The first kappa shape index (κ1) is 12.5. The van der Waals surface area contributed by atoms with Gasteiger partial charge in [0, 0.05) is 12.6 Å². The SMILES string of the molecule is CCNC1(CC(=O)O)CCCC(OC)C1. The fraction of sp³-hybridized carbons (Fsp3) is 0.909. The summed E-state index contributed by atoms with van der Waals surface area (Å²) in [5.74, 6) is -0.729. The van der Waals surface area contributed by atoms with E-state index >= 15 is 0 Å². The quantitative estimate of drug-likeness (QED) is 0.727. The first-order valence-electron chi connectivity index (χ1n) is 5.61.